The topological polar surface area (TPSA) is 23.5 Å². The van der Waals surface area contributed by atoms with Gasteiger partial charge in [0.2, 0.25) is 0 Å². The minimum atomic E-state index is 0.0396. The SMILES string of the molecule is CC(C1CC1)N(C)CC(C)(C)CO. The fraction of sp³-hybridized carbons (Fsp3) is 1.00. The molecule has 0 amide bonds. The Labute approximate surface area is 81.9 Å². The minimum Gasteiger partial charge on any atom is -0.396 e. The van der Waals surface area contributed by atoms with Crippen molar-refractivity contribution in [1.29, 1.82) is 0 Å². The third-order valence-electron chi connectivity index (χ3n) is 3.10. The Balaban J connectivity index is 2.34. The molecule has 2 nitrogen and oxygen atoms in total. The molecule has 0 bridgehead atoms. The highest BCUT2D eigenvalue weighted by Crippen LogP contribution is 2.35. The summed E-state index contributed by atoms with van der Waals surface area (Å²) in [5.41, 5.74) is 0.0396. The lowest BCUT2D eigenvalue weighted by Crippen LogP contribution is -2.39. The molecule has 1 saturated carbocycles. The van der Waals surface area contributed by atoms with Gasteiger partial charge in [0.15, 0.2) is 0 Å². The van der Waals surface area contributed by atoms with Crippen LogP contribution in [-0.4, -0.2) is 36.2 Å². The van der Waals surface area contributed by atoms with Gasteiger partial charge >= 0.3 is 0 Å². The van der Waals surface area contributed by atoms with Crippen molar-refractivity contribution in [1.82, 2.24) is 4.90 Å². The molecule has 2 heteroatoms. The molecule has 1 aliphatic rings. The molecule has 0 heterocycles. The van der Waals surface area contributed by atoms with E-state index >= 15 is 0 Å². The van der Waals surface area contributed by atoms with Crippen LogP contribution in [0.15, 0.2) is 0 Å². The van der Waals surface area contributed by atoms with Crippen molar-refractivity contribution in [3.63, 3.8) is 0 Å². The first kappa shape index (κ1) is 11.0. The molecule has 0 radical (unpaired) electrons. The second kappa shape index (κ2) is 3.97. The molecule has 0 saturated heterocycles. The zero-order chi connectivity index (χ0) is 10.1. The summed E-state index contributed by atoms with van der Waals surface area (Å²) in [5, 5.41) is 9.15. The standard InChI is InChI=1S/C11H23NO/c1-9(10-5-6-10)12(4)7-11(2,3)8-13/h9-10,13H,5-8H2,1-4H3. The van der Waals surface area contributed by atoms with Crippen LogP contribution in [0.5, 0.6) is 0 Å². The molecule has 0 spiro atoms. The van der Waals surface area contributed by atoms with Crippen LogP contribution in [0.4, 0.5) is 0 Å². The van der Waals surface area contributed by atoms with Gasteiger partial charge in [0.05, 0.1) is 0 Å². The van der Waals surface area contributed by atoms with E-state index in [4.69, 9.17) is 5.11 Å². The third-order valence-corrected chi connectivity index (χ3v) is 3.10. The Hall–Kier alpha value is -0.0800. The number of nitrogens with zero attached hydrogens (tertiary/aromatic N) is 1. The Kier molecular flexibility index (Phi) is 3.36. The smallest absolute Gasteiger partial charge is 0.0494 e. The summed E-state index contributed by atoms with van der Waals surface area (Å²) in [6, 6.07) is 0.686. The van der Waals surface area contributed by atoms with E-state index in [-0.39, 0.29) is 12.0 Å². The van der Waals surface area contributed by atoms with Crippen molar-refractivity contribution in [2.75, 3.05) is 20.2 Å². The zero-order valence-electron chi connectivity index (χ0n) is 9.38. The van der Waals surface area contributed by atoms with Crippen LogP contribution in [0, 0.1) is 11.3 Å². The highest BCUT2D eigenvalue weighted by atomic mass is 16.3. The van der Waals surface area contributed by atoms with E-state index in [1.54, 1.807) is 0 Å². The summed E-state index contributed by atoms with van der Waals surface area (Å²) in [4.78, 5) is 2.38. The largest absolute Gasteiger partial charge is 0.396 e. The van der Waals surface area contributed by atoms with Crippen LogP contribution in [0.25, 0.3) is 0 Å². The average molecular weight is 185 g/mol. The number of aliphatic hydroxyl groups is 1. The van der Waals surface area contributed by atoms with Gasteiger partial charge in [0.25, 0.3) is 0 Å². The maximum absolute atomic E-state index is 9.15. The zero-order valence-corrected chi connectivity index (χ0v) is 9.38. The molecule has 0 aliphatic heterocycles. The van der Waals surface area contributed by atoms with E-state index < -0.39 is 0 Å². The first-order chi connectivity index (χ1) is 5.96. The van der Waals surface area contributed by atoms with E-state index in [0.717, 1.165) is 12.5 Å². The fourth-order valence-electron chi connectivity index (χ4n) is 1.81. The summed E-state index contributed by atoms with van der Waals surface area (Å²) >= 11 is 0. The normalized spacial score (nSPS) is 20.8. The van der Waals surface area contributed by atoms with E-state index in [1.807, 2.05) is 0 Å². The molecule has 1 N–H and O–H groups in total. The summed E-state index contributed by atoms with van der Waals surface area (Å²) in [6.45, 7) is 7.78. The molecule has 1 aliphatic carbocycles. The van der Waals surface area contributed by atoms with Crippen molar-refractivity contribution in [2.45, 2.75) is 39.7 Å². The lowest BCUT2D eigenvalue weighted by atomic mass is 9.93. The van der Waals surface area contributed by atoms with Crippen molar-refractivity contribution < 1.29 is 5.11 Å². The molecular weight excluding hydrogens is 162 g/mol. The van der Waals surface area contributed by atoms with E-state index in [9.17, 15) is 0 Å². The number of rotatable bonds is 5. The van der Waals surface area contributed by atoms with Gasteiger partial charge in [-0.1, -0.05) is 13.8 Å². The molecule has 1 unspecified atom stereocenters. The van der Waals surface area contributed by atoms with Gasteiger partial charge < -0.3 is 10.0 Å². The summed E-state index contributed by atoms with van der Waals surface area (Å²) in [7, 11) is 2.17. The quantitative estimate of drug-likeness (QED) is 0.705. The lowest BCUT2D eigenvalue weighted by Gasteiger charge is -2.32. The van der Waals surface area contributed by atoms with Gasteiger partial charge in [0.1, 0.15) is 0 Å². The van der Waals surface area contributed by atoms with Crippen molar-refractivity contribution in [3.8, 4) is 0 Å². The van der Waals surface area contributed by atoms with Gasteiger partial charge in [-0.2, -0.15) is 0 Å². The third kappa shape index (κ3) is 3.28. The molecule has 0 aromatic heterocycles. The van der Waals surface area contributed by atoms with E-state index in [0.29, 0.717) is 6.04 Å². The number of hydrogen-bond acceptors (Lipinski definition) is 2. The second-order valence-electron chi connectivity index (χ2n) is 5.32. The Bertz CT molecular complexity index is 163. The minimum absolute atomic E-state index is 0.0396. The van der Waals surface area contributed by atoms with Crippen molar-refractivity contribution in [2.24, 2.45) is 11.3 Å². The average Bonchev–Trinajstić information content (AvgIpc) is 2.85. The molecule has 13 heavy (non-hydrogen) atoms. The molecule has 0 aromatic rings. The van der Waals surface area contributed by atoms with Gasteiger partial charge in [-0.05, 0) is 32.7 Å². The fourth-order valence-corrected chi connectivity index (χ4v) is 1.81. The highest BCUT2D eigenvalue weighted by molar-refractivity contribution is 4.85. The predicted octanol–water partition coefficient (Wildman–Crippen LogP) is 1.74. The van der Waals surface area contributed by atoms with Crippen LogP contribution >= 0.6 is 0 Å². The van der Waals surface area contributed by atoms with Crippen molar-refractivity contribution >= 4 is 0 Å². The Morgan fingerprint density at radius 2 is 2.00 bits per heavy atom. The first-order valence-electron chi connectivity index (χ1n) is 5.27. The number of hydrogen-bond donors (Lipinski definition) is 1. The molecule has 0 aromatic carbocycles. The Morgan fingerprint density at radius 1 is 1.46 bits per heavy atom. The first-order valence-corrected chi connectivity index (χ1v) is 5.27. The molecule has 1 atom stereocenters. The molecular formula is C11H23NO. The lowest BCUT2D eigenvalue weighted by molar-refractivity contribution is 0.0934. The van der Waals surface area contributed by atoms with Crippen LogP contribution in [-0.2, 0) is 0 Å². The van der Waals surface area contributed by atoms with Crippen LogP contribution in [0.2, 0.25) is 0 Å². The monoisotopic (exact) mass is 185 g/mol. The maximum Gasteiger partial charge on any atom is 0.0494 e. The molecule has 1 fully saturated rings. The van der Waals surface area contributed by atoms with E-state index in [2.05, 4.69) is 32.7 Å². The van der Waals surface area contributed by atoms with Crippen LogP contribution in [0.3, 0.4) is 0 Å². The van der Waals surface area contributed by atoms with Gasteiger partial charge in [-0.3, -0.25) is 0 Å². The summed E-state index contributed by atoms with van der Waals surface area (Å²) in [6.07, 6.45) is 2.79. The highest BCUT2D eigenvalue weighted by Gasteiger charge is 2.32. The van der Waals surface area contributed by atoms with Gasteiger partial charge in [0, 0.05) is 24.6 Å². The van der Waals surface area contributed by atoms with Crippen LogP contribution in [0.1, 0.15) is 33.6 Å². The second-order valence-corrected chi connectivity index (χ2v) is 5.32. The summed E-state index contributed by atoms with van der Waals surface area (Å²) in [5.74, 6) is 0.916. The maximum atomic E-state index is 9.15. The molecule has 1 rings (SSSR count). The molecule has 78 valence electrons. The van der Waals surface area contributed by atoms with Gasteiger partial charge in [-0.25, -0.2) is 0 Å². The predicted molar refractivity (Wildman–Crippen MR) is 55.7 cm³/mol. The number of aliphatic hydroxyl groups excluding tert-OH is 1. The van der Waals surface area contributed by atoms with Gasteiger partial charge in [-0.15, -0.1) is 0 Å². The Morgan fingerprint density at radius 3 is 2.38 bits per heavy atom. The summed E-state index contributed by atoms with van der Waals surface area (Å²) < 4.78 is 0. The van der Waals surface area contributed by atoms with Crippen LogP contribution < -0.4 is 0 Å². The van der Waals surface area contributed by atoms with Crippen molar-refractivity contribution in [3.05, 3.63) is 0 Å². The van der Waals surface area contributed by atoms with E-state index in [1.165, 1.54) is 12.8 Å².